The van der Waals surface area contributed by atoms with Crippen LogP contribution in [0.2, 0.25) is 0 Å². The molecule has 100 valence electrons. The Morgan fingerprint density at radius 2 is 1.89 bits per heavy atom. The molecule has 0 radical (unpaired) electrons. The van der Waals surface area contributed by atoms with Crippen LogP contribution in [0.1, 0.15) is 11.5 Å². The third-order valence-corrected chi connectivity index (χ3v) is 1.77. The van der Waals surface area contributed by atoms with Gasteiger partial charge in [0.2, 0.25) is 5.82 Å². The zero-order chi connectivity index (χ0) is 14.1. The number of aromatic nitrogens is 2. The summed E-state index contributed by atoms with van der Waals surface area (Å²) in [6, 6.07) is 0. The second kappa shape index (κ2) is 4.35. The van der Waals surface area contributed by atoms with E-state index in [9.17, 15) is 26.7 Å². The summed E-state index contributed by atoms with van der Waals surface area (Å²) in [5, 5.41) is 8.24. The SMILES string of the molecule is Cc1nc(C(F)(F)C(F)(F)F)ncc1OC(=O)O. The summed E-state index contributed by atoms with van der Waals surface area (Å²) in [5.41, 5.74) is -0.452. The fourth-order valence-electron chi connectivity index (χ4n) is 0.928. The predicted molar refractivity (Wildman–Crippen MR) is 45.4 cm³/mol. The van der Waals surface area contributed by atoms with Crippen LogP contribution in [0.3, 0.4) is 0 Å². The van der Waals surface area contributed by atoms with E-state index in [-0.39, 0.29) is 0 Å². The molecule has 1 aromatic heterocycles. The number of carbonyl (C=O) groups is 1. The van der Waals surface area contributed by atoms with E-state index in [4.69, 9.17) is 5.11 Å². The van der Waals surface area contributed by atoms with Gasteiger partial charge in [0.25, 0.3) is 0 Å². The summed E-state index contributed by atoms with van der Waals surface area (Å²) in [5.74, 6) is -7.52. The van der Waals surface area contributed by atoms with Gasteiger partial charge in [0.05, 0.1) is 11.9 Å². The number of carboxylic acid groups (broad SMARTS) is 1. The molecule has 10 heteroatoms. The van der Waals surface area contributed by atoms with Crippen LogP contribution in [0.15, 0.2) is 6.20 Å². The van der Waals surface area contributed by atoms with Crippen LogP contribution in [-0.4, -0.2) is 27.4 Å². The van der Waals surface area contributed by atoms with Gasteiger partial charge in [-0.3, -0.25) is 0 Å². The maximum absolute atomic E-state index is 12.8. The fraction of sp³-hybridized carbons (Fsp3) is 0.375. The summed E-state index contributed by atoms with van der Waals surface area (Å²) in [7, 11) is 0. The number of halogens is 5. The van der Waals surface area contributed by atoms with Crippen molar-refractivity contribution in [1.29, 1.82) is 0 Å². The Labute approximate surface area is 96.2 Å². The lowest BCUT2D eigenvalue weighted by Gasteiger charge is -2.18. The molecule has 0 aliphatic carbocycles. The zero-order valence-corrected chi connectivity index (χ0v) is 8.63. The molecular weight excluding hydrogens is 267 g/mol. The molecule has 0 bridgehead atoms. The highest BCUT2D eigenvalue weighted by Gasteiger charge is 2.61. The van der Waals surface area contributed by atoms with Crippen molar-refractivity contribution in [2.24, 2.45) is 0 Å². The summed E-state index contributed by atoms with van der Waals surface area (Å²) < 4.78 is 65.7. The molecular formula is C8H5F5N2O3. The second-order valence-electron chi connectivity index (χ2n) is 3.08. The van der Waals surface area contributed by atoms with E-state index < -0.39 is 35.5 Å². The molecule has 0 unspecified atom stereocenters. The molecule has 18 heavy (non-hydrogen) atoms. The Morgan fingerprint density at radius 1 is 1.33 bits per heavy atom. The minimum absolute atomic E-state index is 0.436. The second-order valence-corrected chi connectivity index (χ2v) is 3.08. The molecule has 1 N–H and O–H groups in total. The Balaban J connectivity index is 3.16. The van der Waals surface area contributed by atoms with Gasteiger partial charge in [-0.2, -0.15) is 22.0 Å². The first-order chi connectivity index (χ1) is 8.05. The van der Waals surface area contributed by atoms with Crippen molar-refractivity contribution in [2.45, 2.75) is 19.0 Å². The van der Waals surface area contributed by atoms with E-state index in [1.807, 2.05) is 0 Å². The first-order valence-corrected chi connectivity index (χ1v) is 4.25. The van der Waals surface area contributed by atoms with Crippen LogP contribution >= 0.6 is 0 Å². The van der Waals surface area contributed by atoms with Crippen molar-refractivity contribution in [3.63, 3.8) is 0 Å². The normalized spacial score (nSPS) is 12.3. The van der Waals surface area contributed by atoms with Gasteiger partial charge in [-0.1, -0.05) is 0 Å². The standard InChI is InChI=1S/C8H5F5N2O3/c1-3-4(18-6(16)17)2-14-5(15-3)7(9,10)8(11,12)13/h2H,1H3,(H,16,17). The minimum Gasteiger partial charge on any atom is -0.449 e. The van der Waals surface area contributed by atoms with Crippen LogP contribution in [0.25, 0.3) is 0 Å². The van der Waals surface area contributed by atoms with Gasteiger partial charge in [0.1, 0.15) is 0 Å². The molecule has 5 nitrogen and oxygen atoms in total. The monoisotopic (exact) mass is 272 g/mol. The van der Waals surface area contributed by atoms with Gasteiger partial charge in [0, 0.05) is 0 Å². The third kappa shape index (κ3) is 2.63. The van der Waals surface area contributed by atoms with Gasteiger partial charge in [-0.05, 0) is 6.92 Å². The summed E-state index contributed by atoms with van der Waals surface area (Å²) >= 11 is 0. The van der Waals surface area contributed by atoms with Gasteiger partial charge < -0.3 is 9.84 Å². The maximum Gasteiger partial charge on any atom is 0.511 e. The average Bonchev–Trinajstić information content (AvgIpc) is 2.18. The molecule has 0 aromatic carbocycles. The fourth-order valence-corrected chi connectivity index (χ4v) is 0.928. The van der Waals surface area contributed by atoms with Crippen molar-refractivity contribution in [1.82, 2.24) is 9.97 Å². The molecule has 0 spiro atoms. The topological polar surface area (TPSA) is 72.3 Å². The molecule has 0 amide bonds. The van der Waals surface area contributed by atoms with Crippen molar-refractivity contribution in [2.75, 3.05) is 0 Å². The Kier molecular flexibility index (Phi) is 3.40. The van der Waals surface area contributed by atoms with Crippen LogP contribution < -0.4 is 4.74 Å². The lowest BCUT2D eigenvalue weighted by Crippen LogP contribution is -2.35. The number of rotatable bonds is 2. The molecule has 0 atom stereocenters. The number of hydrogen-bond donors (Lipinski definition) is 1. The smallest absolute Gasteiger partial charge is 0.449 e. The number of aryl methyl sites for hydroxylation is 1. The Morgan fingerprint density at radius 3 is 2.28 bits per heavy atom. The van der Waals surface area contributed by atoms with Crippen molar-refractivity contribution in [3.05, 3.63) is 17.7 Å². The van der Waals surface area contributed by atoms with E-state index in [0.717, 1.165) is 6.92 Å². The number of hydrogen-bond acceptors (Lipinski definition) is 4. The molecule has 1 heterocycles. The molecule has 1 rings (SSSR count). The summed E-state index contributed by atoms with van der Waals surface area (Å²) in [6.45, 7) is 1.01. The van der Waals surface area contributed by atoms with Crippen molar-refractivity contribution >= 4 is 6.16 Å². The molecule has 0 saturated carbocycles. The van der Waals surface area contributed by atoms with Gasteiger partial charge in [-0.25, -0.2) is 14.8 Å². The van der Waals surface area contributed by atoms with Crippen LogP contribution in [0, 0.1) is 6.92 Å². The van der Waals surface area contributed by atoms with Crippen LogP contribution in [-0.2, 0) is 5.92 Å². The van der Waals surface area contributed by atoms with Gasteiger partial charge in [0.15, 0.2) is 5.75 Å². The zero-order valence-electron chi connectivity index (χ0n) is 8.63. The van der Waals surface area contributed by atoms with Crippen molar-refractivity contribution in [3.8, 4) is 5.75 Å². The van der Waals surface area contributed by atoms with Gasteiger partial charge in [-0.15, -0.1) is 0 Å². The number of nitrogens with zero attached hydrogens (tertiary/aromatic N) is 2. The van der Waals surface area contributed by atoms with Crippen LogP contribution in [0.5, 0.6) is 5.75 Å². The highest BCUT2D eigenvalue weighted by atomic mass is 19.4. The van der Waals surface area contributed by atoms with E-state index in [0.29, 0.717) is 6.20 Å². The first-order valence-electron chi connectivity index (χ1n) is 4.25. The summed E-state index contributed by atoms with van der Waals surface area (Å²) in [6.07, 6.45) is -7.17. The lowest BCUT2D eigenvalue weighted by atomic mass is 10.3. The molecule has 0 aliphatic heterocycles. The Hall–Kier alpha value is -2.00. The Bertz CT molecular complexity index is 474. The highest BCUT2D eigenvalue weighted by molar-refractivity contribution is 5.61. The van der Waals surface area contributed by atoms with E-state index in [2.05, 4.69) is 14.7 Å². The largest absolute Gasteiger partial charge is 0.511 e. The average molecular weight is 272 g/mol. The predicted octanol–water partition coefficient (Wildman–Crippen LogP) is 2.50. The minimum atomic E-state index is -5.84. The quantitative estimate of drug-likeness (QED) is 0.661. The van der Waals surface area contributed by atoms with Crippen LogP contribution in [0.4, 0.5) is 26.7 Å². The van der Waals surface area contributed by atoms with E-state index in [1.165, 1.54) is 0 Å². The van der Waals surface area contributed by atoms with Crippen molar-refractivity contribution < 1.29 is 36.6 Å². The van der Waals surface area contributed by atoms with Gasteiger partial charge >= 0.3 is 18.3 Å². The third-order valence-electron chi connectivity index (χ3n) is 1.77. The lowest BCUT2D eigenvalue weighted by molar-refractivity contribution is -0.292. The van der Waals surface area contributed by atoms with E-state index >= 15 is 0 Å². The molecule has 0 aliphatic rings. The first kappa shape index (κ1) is 14.1. The molecule has 0 fully saturated rings. The molecule has 0 saturated heterocycles. The highest BCUT2D eigenvalue weighted by Crippen LogP contribution is 2.42. The molecule has 1 aromatic rings. The van der Waals surface area contributed by atoms with E-state index in [1.54, 1.807) is 0 Å². The maximum atomic E-state index is 12.8. The number of alkyl halides is 5. The summed E-state index contributed by atoms with van der Waals surface area (Å²) in [4.78, 5) is 15.8. The number of ether oxygens (including phenoxy) is 1.